The number of methoxy groups -OCH3 is 1. The van der Waals surface area contributed by atoms with E-state index in [0.717, 1.165) is 35.3 Å². The molecule has 1 aliphatic heterocycles. The van der Waals surface area contributed by atoms with Crippen molar-refractivity contribution in [1.82, 2.24) is 5.32 Å². The monoisotopic (exact) mass is 446 g/mol. The van der Waals surface area contributed by atoms with E-state index >= 15 is 0 Å². The highest BCUT2D eigenvalue weighted by Gasteiger charge is 2.20. The second kappa shape index (κ2) is 9.54. The highest BCUT2D eigenvalue weighted by atomic mass is 79.9. The van der Waals surface area contributed by atoms with E-state index in [1.807, 2.05) is 26.0 Å². The lowest BCUT2D eigenvalue weighted by molar-refractivity contribution is 0.102. The fraction of sp³-hybridized carbons (Fsp3) is 0.409. The lowest BCUT2D eigenvalue weighted by atomic mass is 9.92. The summed E-state index contributed by atoms with van der Waals surface area (Å²) in [6.45, 7) is 5.61. The molecule has 0 spiro atoms. The first-order chi connectivity index (χ1) is 13.5. The molecule has 0 saturated heterocycles. The fourth-order valence-corrected chi connectivity index (χ4v) is 3.88. The smallest absolute Gasteiger partial charge is 0.255 e. The van der Waals surface area contributed by atoms with Crippen LogP contribution < -0.4 is 15.4 Å². The lowest BCUT2D eigenvalue weighted by Crippen LogP contribution is -2.30. The first kappa shape index (κ1) is 20.8. The molecule has 1 unspecified atom stereocenters. The van der Waals surface area contributed by atoms with Crippen LogP contribution in [0.25, 0.3) is 0 Å². The summed E-state index contributed by atoms with van der Waals surface area (Å²) in [5, 5.41) is 6.55. The van der Waals surface area contributed by atoms with E-state index in [9.17, 15) is 4.79 Å². The SMILES string of the molecule is COCCC1NCCc2ccc(NC(=O)c3ccc(OC(C)C)c(Br)c3)cc21. The third-order valence-corrected chi connectivity index (χ3v) is 5.35. The van der Waals surface area contributed by atoms with Crippen molar-refractivity contribution in [2.45, 2.75) is 38.8 Å². The molecule has 1 amide bonds. The van der Waals surface area contributed by atoms with Gasteiger partial charge in [0.05, 0.1) is 10.6 Å². The molecule has 150 valence electrons. The zero-order chi connectivity index (χ0) is 20.1. The predicted octanol–water partition coefficient (Wildman–Crippen LogP) is 4.71. The van der Waals surface area contributed by atoms with Gasteiger partial charge in [0.15, 0.2) is 0 Å². The highest BCUT2D eigenvalue weighted by Crippen LogP contribution is 2.30. The first-order valence-electron chi connectivity index (χ1n) is 9.60. The van der Waals surface area contributed by atoms with Crippen LogP contribution in [0.1, 0.15) is 47.8 Å². The Morgan fingerprint density at radius 1 is 1.29 bits per heavy atom. The number of anilines is 1. The van der Waals surface area contributed by atoms with Gasteiger partial charge < -0.3 is 20.1 Å². The molecule has 2 aromatic rings. The molecule has 28 heavy (non-hydrogen) atoms. The maximum Gasteiger partial charge on any atom is 0.255 e. The molecule has 1 heterocycles. The molecule has 0 saturated carbocycles. The standard InChI is InChI=1S/C22H27BrN2O3/c1-14(2)28-21-7-5-16(12-19(21)23)22(26)25-17-6-4-15-8-10-24-20(9-11-27-3)18(15)13-17/h4-7,12-14,20,24H,8-11H2,1-3H3,(H,25,26). The molecule has 0 fully saturated rings. The van der Waals surface area contributed by atoms with E-state index in [1.54, 1.807) is 19.2 Å². The van der Waals surface area contributed by atoms with Crippen LogP contribution in [0.3, 0.4) is 0 Å². The first-order valence-corrected chi connectivity index (χ1v) is 10.4. The number of hydrogen-bond acceptors (Lipinski definition) is 4. The summed E-state index contributed by atoms with van der Waals surface area (Å²) in [6, 6.07) is 11.8. The number of benzene rings is 2. The van der Waals surface area contributed by atoms with Crippen LogP contribution in [0, 0.1) is 0 Å². The number of carbonyl (C=O) groups is 1. The van der Waals surface area contributed by atoms with Crippen LogP contribution in [0.5, 0.6) is 5.75 Å². The van der Waals surface area contributed by atoms with E-state index in [-0.39, 0.29) is 18.1 Å². The van der Waals surface area contributed by atoms with E-state index in [0.29, 0.717) is 12.2 Å². The molecule has 0 bridgehead atoms. The molecular formula is C22H27BrN2O3. The number of ether oxygens (including phenoxy) is 2. The maximum absolute atomic E-state index is 12.7. The summed E-state index contributed by atoms with van der Waals surface area (Å²) in [5.74, 6) is 0.585. The van der Waals surface area contributed by atoms with Crippen molar-refractivity contribution in [3.05, 3.63) is 57.6 Å². The van der Waals surface area contributed by atoms with Gasteiger partial charge in [0.2, 0.25) is 0 Å². The van der Waals surface area contributed by atoms with Crippen molar-refractivity contribution in [3.8, 4) is 5.75 Å². The van der Waals surface area contributed by atoms with Gasteiger partial charge in [0, 0.05) is 31.0 Å². The number of nitrogens with one attached hydrogen (secondary N) is 2. The second-order valence-corrected chi connectivity index (χ2v) is 8.07. The summed E-state index contributed by atoms with van der Waals surface area (Å²) in [4.78, 5) is 12.7. The van der Waals surface area contributed by atoms with Gasteiger partial charge in [-0.3, -0.25) is 4.79 Å². The van der Waals surface area contributed by atoms with Crippen molar-refractivity contribution < 1.29 is 14.3 Å². The minimum absolute atomic E-state index is 0.0751. The predicted molar refractivity (Wildman–Crippen MR) is 115 cm³/mol. The molecular weight excluding hydrogens is 420 g/mol. The Morgan fingerprint density at radius 3 is 2.82 bits per heavy atom. The van der Waals surface area contributed by atoms with Crippen LogP contribution in [-0.4, -0.2) is 32.3 Å². The number of amides is 1. The molecule has 0 radical (unpaired) electrons. The molecule has 1 atom stereocenters. The third-order valence-electron chi connectivity index (χ3n) is 4.73. The number of halogens is 1. The van der Waals surface area contributed by atoms with Gasteiger partial charge in [-0.15, -0.1) is 0 Å². The highest BCUT2D eigenvalue weighted by molar-refractivity contribution is 9.10. The number of fused-ring (bicyclic) bond motifs is 1. The summed E-state index contributed by atoms with van der Waals surface area (Å²) in [6.07, 6.45) is 1.98. The Hall–Kier alpha value is -1.89. The Kier molecular flexibility index (Phi) is 7.10. The molecule has 2 N–H and O–H groups in total. The summed E-state index contributed by atoms with van der Waals surface area (Å²) >= 11 is 3.49. The van der Waals surface area contributed by atoms with Gasteiger partial charge in [0.1, 0.15) is 5.75 Å². The second-order valence-electron chi connectivity index (χ2n) is 7.22. The van der Waals surface area contributed by atoms with Crippen LogP contribution in [0.2, 0.25) is 0 Å². The molecule has 1 aliphatic rings. The summed E-state index contributed by atoms with van der Waals surface area (Å²) < 4.78 is 11.7. The van der Waals surface area contributed by atoms with Crippen LogP contribution in [0.4, 0.5) is 5.69 Å². The van der Waals surface area contributed by atoms with Gasteiger partial charge >= 0.3 is 0 Å². The molecule has 0 aliphatic carbocycles. The minimum atomic E-state index is -0.144. The largest absolute Gasteiger partial charge is 0.490 e. The van der Waals surface area contributed by atoms with Gasteiger partial charge in [-0.2, -0.15) is 0 Å². The Bertz CT molecular complexity index is 839. The lowest BCUT2D eigenvalue weighted by Gasteiger charge is -2.27. The normalized spacial score (nSPS) is 16.0. The third kappa shape index (κ3) is 5.13. The van der Waals surface area contributed by atoms with Crippen molar-refractivity contribution in [2.24, 2.45) is 0 Å². The molecule has 3 rings (SSSR count). The number of carbonyl (C=O) groups excluding carboxylic acids is 1. The Labute approximate surface area is 174 Å². The van der Waals surface area contributed by atoms with E-state index in [2.05, 4.69) is 38.7 Å². The van der Waals surface area contributed by atoms with E-state index in [4.69, 9.17) is 9.47 Å². The average Bonchev–Trinajstić information content (AvgIpc) is 2.67. The van der Waals surface area contributed by atoms with Gasteiger partial charge in [0.25, 0.3) is 5.91 Å². The van der Waals surface area contributed by atoms with Crippen LogP contribution in [0.15, 0.2) is 40.9 Å². The van der Waals surface area contributed by atoms with Crippen LogP contribution in [-0.2, 0) is 11.2 Å². The quantitative estimate of drug-likeness (QED) is 0.646. The molecule has 6 heteroatoms. The van der Waals surface area contributed by atoms with Gasteiger partial charge in [-0.05, 0) is 90.6 Å². The topological polar surface area (TPSA) is 59.6 Å². The molecule has 5 nitrogen and oxygen atoms in total. The molecule has 2 aromatic carbocycles. The van der Waals surface area contributed by atoms with E-state index < -0.39 is 0 Å². The zero-order valence-corrected chi connectivity index (χ0v) is 18.1. The van der Waals surface area contributed by atoms with Crippen molar-refractivity contribution in [3.63, 3.8) is 0 Å². The zero-order valence-electron chi connectivity index (χ0n) is 16.5. The van der Waals surface area contributed by atoms with Crippen molar-refractivity contribution in [1.29, 1.82) is 0 Å². The number of rotatable bonds is 7. The summed E-state index contributed by atoms with van der Waals surface area (Å²) in [7, 11) is 1.72. The average molecular weight is 447 g/mol. The number of hydrogen-bond donors (Lipinski definition) is 2. The van der Waals surface area contributed by atoms with Crippen LogP contribution >= 0.6 is 15.9 Å². The summed E-state index contributed by atoms with van der Waals surface area (Å²) in [5.41, 5.74) is 3.95. The Balaban J connectivity index is 1.75. The van der Waals surface area contributed by atoms with Gasteiger partial charge in [-0.25, -0.2) is 0 Å². The maximum atomic E-state index is 12.7. The van der Waals surface area contributed by atoms with E-state index in [1.165, 1.54) is 11.1 Å². The fourth-order valence-electron chi connectivity index (χ4n) is 3.40. The Morgan fingerprint density at radius 2 is 2.11 bits per heavy atom. The molecule has 0 aromatic heterocycles. The van der Waals surface area contributed by atoms with Crippen molar-refractivity contribution in [2.75, 3.05) is 25.6 Å². The minimum Gasteiger partial charge on any atom is -0.490 e. The van der Waals surface area contributed by atoms with Crippen molar-refractivity contribution >= 4 is 27.5 Å². The van der Waals surface area contributed by atoms with Gasteiger partial charge in [-0.1, -0.05) is 6.07 Å².